The van der Waals surface area contributed by atoms with Crippen molar-refractivity contribution in [2.45, 2.75) is 12.8 Å². The van der Waals surface area contributed by atoms with Gasteiger partial charge in [0.2, 0.25) is 0 Å². The van der Waals surface area contributed by atoms with Gasteiger partial charge in [0.15, 0.2) is 0 Å². The van der Waals surface area contributed by atoms with Gasteiger partial charge in [-0.15, -0.1) is 0 Å². The van der Waals surface area contributed by atoms with Crippen LogP contribution in [0.1, 0.15) is 33.6 Å². The number of methoxy groups -OCH3 is 2. The molecule has 0 unspecified atom stereocenters. The fraction of sp³-hybridized carbons (Fsp3) is 0.364. The largest absolute Gasteiger partial charge is 0.508 e. The van der Waals surface area contributed by atoms with Crippen LogP contribution in [0.5, 0.6) is 11.5 Å². The third-order valence-corrected chi connectivity index (χ3v) is 4.44. The van der Waals surface area contributed by atoms with Crippen molar-refractivity contribution >= 4 is 27.4 Å². The second-order valence-corrected chi connectivity index (χ2v) is 6.45. The van der Waals surface area contributed by atoms with Crippen LogP contribution in [-0.4, -0.2) is 77.9 Å². The van der Waals surface area contributed by atoms with Crippen LogP contribution in [0.15, 0.2) is 48.5 Å². The van der Waals surface area contributed by atoms with E-state index in [9.17, 15) is 9.59 Å². The summed E-state index contributed by atoms with van der Waals surface area (Å²) >= 11 is 0. The van der Waals surface area contributed by atoms with Crippen LogP contribution >= 0.6 is 0 Å². The number of hydrogen-bond donors (Lipinski definition) is 1. The molecule has 2 aromatic carbocycles. The number of rotatable bonds is 6. The maximum atomic E-state index is 11.2. The second kappa shape index (κ2) is 15.0. The van der Waals surface area contributed by atoms with Crippen LogP contribution in [0.25, 0.3) is 0 Å². The number of esters is 2. The predicted molar refractivity (Wildman–Crippen MR) is 120 cm³/mol. The highest BCUT2D eigenvalue weighted by Gasteiger charge is 2.11. The van der Waals surface area contributed by atoms with E-state index in [-0.39, 0.29) is 11.7 Å². The lowest BCUT2D eigenvalue weighted by Gasteiger charge is -2.14. The summed E-state index contributed by atoms with van der Waals surface area (Å²) in [5.74, 6) is 0.211. The summed E-state index contributed by atoms with van der Waals surface area (Å²) in [7, 11) is 10.7. The van der Waals surface area contributed by atoms with E-state index in [2.05, 4.69) is 29.8 Å². The van der Waals surface area contributed by atoms with Crippen molar-refractivity contribution in [1.29, 1.82) is 0 Å². The number of carbonyl (C=O) groups excluding carboxylic acids is 2. The van der Waals surface area contributed by atoms with Crippen molar-refractivity contribution in [1.82, 2.24) is 4.90 Å². The van der Waals surface area contributed by atoms with Gasteiger partial charge in [0.25, 0.3) is 0 Å². The number of nitrogens with zero attached hydrogens (tertiary/aromatic N) is 1. The molecule has 7 nitrogen and oxygen atoms in total. The third-order valence-electron chi connectivity index (χ3n) is 4.44. The quantitative estimate of drug-likeness (QED) is 0.564. The molecule has 0 spiro atoms. The number of likely N-dealkylation sites (tertiary alicyclic amines) is 1. The van der Waals surface area contributed by atoms with Gasteiger partial charge in [-0.1, -0.05) is 0 Å². The van der Waals surface area contributed by atoms with E-state index >= 15 is 0 Å². The minimum atomic E-state index is -0.398. The molecular weight excluding hydrogens is 396 g/mol. The van der Waals surface area contributed by atoms with Crippen LogP contribution in [0.2, 0.25) is 0 Å². The van der Waals surface area contributed by atoms with Crippen LogP contribution in [0, 0.1) is 0 Å². The molecular formula is C22H27B2NO6. The van der Waals surface area contributed by atoms with Crippen molar-refractivity contribution < 1.29 is 28.9 Å². The Morgan fingerprint density at radius 2 is 1.32 bits per heavy atom. The summed E-state index contributed by atoms with van der Waals surface area (Å²) in [6.07, 6.45) is 2.60. The molecule has 0 saturated carbocycles. The number of aromatic hydroxyl groups is 1. The van der Waals surface area contributed by atoms with Gasteiger partial charge in [0.05, 0.1) is 25.3 Å². The lowest BCUT2D eigenvalue weighted by molar-refractivity contribution is 0.0591. The highest BCUT2D eigenvalue weighted by Crippen LogP contribution is 2.13. The highest BCUT2D eigenvalue weighted by atomic mass is 16.5. The highest BCUT2D eigenvalue weighted by molar-refractivity contribution is 6.75. The van der Waals surface area contributed by atoms with Crippen molar-refractivity contribution in [2.75, 3.05) is 40.5 Å². The molecule has 1 fully saturated rings. The monoisotopic (exact) mass is 423 g/mol. The van der Waals surface area contributed by atoms with Gasteiger partial charge >= 0.3 is 11.9 Å². The number of ether oxygens (including phenoxy) is 3. The van der Waals surface area contributed by atoms with Crippen LogP contribution in [0.4, 0.5) is 0 Å². The second-order valence-electron chi connectivity index (χ2n) is 6.45. The van der Waals surface area contributed by atoms with Gasteiger partial charge in [-0.2, -0.15) is 0 Å². The number of phenolic OH excluding ortho intramolecular Hbond substituents is 1. The van der Waals surface area contributed by atoms with Gasteiger partial charge in [-0.3, -0.25) is 4.90 Å². The first kappa shape index (κ1) is 26.1. The zero-order valence-electron chi connectivity index (χ0n) is 18.0. The lowest BCUT2D eigenvalue weighted by Crippen LogP contribution is -2.25. The van der Waals surface area contributed by atoms with E-state index in [1.54, 1.807) is 24.3 Å². The fourth-order valence-electron chi connectivity index (χ4n) is 2.82. The Bertz CT molecular complexity index is 778. The summed E-state index contributed by atoms with van der Waals surface area (Å²) < 4.78 is 14.7. The first-order chi connectivity index (χ1) is 15.0. The average Bonchev–Trinajstić information content (AvgIpc) is 3.34. The van der Waals surface area contributed by atoms with E-state index in [0.29, 0.717) is 17.7 Å². The van der Waals surface area contributed by atoms with E-state index < -0.39 is 5.97 Å². The van der Waals surface area contributed by atoms with Crippen molar-refractivity contribution in [2.24, 2.45) is 0 Å². The van der Waals surface area contributed by atoms with Gasteiger partial charge in [0, 0.05) is 22.0 Å². The Kier molecular flexibility index (Phi) is 12.6. The van der Waals surface area contributed by atoms with E-state index in [0.717, 1.165) is 12.3 Å². The van der Waals surface area contributed by atoms with Crippen molar-refractivity contribution in [3.05, 3.63) is 59.7 Å². The fourth-order valence-corrected chi connectivity index (χ4v) is 2.82. The Labute approximate surface area is 186 Å². The van der Waals surface area contributed by atoms with E-state index in [1.807, 2.05) is 0 Å². The zero-order chi connectivity index (χ0) is 23.1. The molecule has 1 aliphatic rings. The molecule has 2 aromatic rings. The summed E-state index contributed by atoms with van der Waals surface area (Å²) in [4.78, 5) is 24.5. The summed E-state index contributed by atoms with van der Waals surface area (Å²) in [6, 6.07) is 12.9. The van der Waals surface area contributed by atoms with E-state index in [4.69, 9.17) is 9.84 Å². The SMILES string of the molecule is COC(=O)c1ccc(O)cc1.COC(=O)c1ccc(OCCN2CCCC2)cc1.[B][B]. The molecule has 4 radical (unpaired) electrons. The molecule has 1 N–H and O–H groups in total. The normalized spacial score (nSPS) is 12.5. The summed E-state index contributed by atoms with van der Waals surface area (Å²) in [5.41, 5.74) is 0.981. The third kappa shape index (κ3) is 9.61. The number of carbonyl (C=O) groups is 2. The number of phenols is 1. The first-order valence-electron chi connectivity index (χ1n) is 9.77. The Hall–Kier alpha value is -2.93. The Morgan fingerprint density at radius 3 is 1.77 bits per heavy atom. The molecule has 162 valence electrons. The molecule has 0 amide bonds. The minimum Gasteiger partial charge on any atom is -0.508 e. The summed E-state index contributed by atoms with van der Waals surface area (Å²) in [5, 5.41) is 8.86. The molecule has 1 heterocycles. The van der Waals surface area contributed by atoms with Gasteiger partial charge < -0.3 is 19.3 Å². The Morgan fingerprint density at radius 1 is 0.871 bits per heavy atom. The molecule has 3 rings (SSSR count). The van der Waals surface area contributed by atoms with Gasteiger partial charge in [-0.25, -0.2) is 9.59 Å². The zero-order valence-corrected chi connectivity index (χ0v) is 18.0. The van der Waals surface area contributed by atoms with E-state index in [1.165, 1.54) is 64.4 Å². The maximum Gasteiger partial charge on any atom is 0.337 e. The van der Waals surface area contributed by atoms with Crippen molar-refractivity contribution in [3.8, 4) is 11.5 Å². The standard InChI is InChI=1S/C14H19NO3.C8H8O3.B2/c1-17-14(16)12-4-6-13(7-5-12)18-11-10-15-8-2-3-9-15;1-11-8(10)6-2-4-7(9)5-3-6;1-2/h4-7H,2-3,8-11H2,1H3;2-5,9H,1H3;. The molecule has 0 bridgehead atoms. The first-order valence-corrected chi connectivity index (χ1v) is 9.77. The van der Waals surface area contributed by atoms with Gasteiger partial charge in [-0.05, 0) is 74.5 Å². The minimum absolute atomic E-state index is 0.137. The van der Waals surface area contributed by atoms with Crippen molar-refractivity contribution in [3.63, 3.8) is 0 Å². The lowest BCUT2D eigenvalue weighted by atomic mass is 9.81. The molecule has 0 aromatic heterocycles. The Balaban J connectivity index is 0.000000317. The summed E-state index contributed by atoms with van der Waals surface area (Å²) in [6.45, 7) is 4.03. The molecule has 1 aliphatic heterocycles. The van der Waals surface area contributed by atoms with Crippen LogP contribution < -0.4 is 4.74 Å². The molecule has 31 heavy (non-hydrogen) atoms. The van der Waals surface area contributed by atoms with Gasteiger partial charge in [0.1, 0.15) is 18.1 Å². The number of benzene rings is 2. The number of hydrogen-bond acceptors (Lipinski definition) is 7. The predicted octanol–water partition coefficient (Wildman–Crippen LogP) is 2.37. The molecule has 9 heteroatoms. The maximum absolute atomic E-state index is 11.2. The molecule has 0 aliphatic carbocycles. The molecule has 0 atom stereocenters. The van der Waals surface area contributed by atoms with Crippen LogP contribution in [0.3, 0.4) is 0 Å². The average molecular weight is 423 g/mol. The smallest absolute Gasteiger partial charge is 0.337 e. The van der Waals surface area contributed by atoms with Crippen LogP contribution in [-0.2, 0) is 9.47 Å². The molecule has 1 saturated heterocycles. The topological polar surface area (TPSA) is 85.3 Å².